The van der Waals surface area contributed by atoms with Gasteiger partial charge in [0.2, 0.25) is 10.0 Å². The maximum Gasteiger partial charge on any atom is 0.243 e. The molecule has 2 unspecified atom stereocenters. The third-order valence-electron chi connectivity index (χ3n) is 3.27. The molecule has 1 aromatic rings. The van der Waals surface area contributed by atoms with E-state index in [2.05, 4.69) is 0 Å². The Labute approximate surface area is 108 Å². The second-order valence-corrected chi connectivity index (χ2v) is 6.67. The molecule has 0 radical (unpaired) electrons. The second-order valence-electron chi connectivity index (χ2n) is 4.73. The van der Waals surface area contributed by atoms with Crippen LogP contribution in [0.4, 0.5) is 0 Å². The Morgan fingerprint density at radius 1 is 1.22 bits per heavy atom. The average molecular weight is 270 g/mol. The Balaban J connectivity index is 2.24. The largest absolute Gasteiger partial charge is 0.390 e. The summed E-state index contributed by atoms with van der Waals surface area (Å²) in [6.45, 7) is 0.478. The molecule has 100 valence electrons. The third-order valence-corrected chi connectivity index (χ3v) is 5.12. The van der Waals surface area contributed by atoms with E-state index in [4.69, 9.17) is 0 Å². The van der Waals surface area contributed by atoms with Crippen LogP contribution in [0.3, 0.4) is 0 Å². The zero-order valence-corrected chi connectivity index (χ0v) is 11.3. The standard InChI is InChI=1S/C12H18N2O3S/c1-13(2)11-8-14(9-12(11)15)18(16,17)10-6-4-3-5-7-10/h3-7,11-12,15H,8-9H2,1-2H3. The van der Waals surface area contributed by atoms with Gasteiger partial charge in [0.15, 0.2) is 0 Å². The number of likely N-dealkylation sites (N-methyl/N-ethyl adjacent to an activating group) is 1. The van der Waals surface area contributed by atoms with Crippen molar-refractivity contribution in [3.8, 4) is 0 Å². The molecule has 1 fully saturated rings. The molecule has 2 rings (SSSR count). The highest BCUT2D eigenvalue weighted by molar-refractivity contribution is 7.89. The number of sulfonamides is 1. The smallest absolute Gasteiger partial charge is 0.243 e. The van der Waals surface area contributed by atoms with Crippen molar-refractivity contribution in [1.29, 1.82) is 0 Å². The average Bonchev–Trinajstić information content (AvgIpc) is 2.73. The molecule has 1 saturated heterocycles. The number of benzene rings is 1. The Kier molecular flexibility index (Phi) is 3.72. The van der Waals surface area contributed by atoms with E-state index < -0.39 is 16.1 Å². The van der Waals surface area contributed by atoms with Crippen LogP contribution >= 0.6 is 0 Å². The normalized spacial score (nSPS) is 25.8. The molecule has 0 saturated carbocycles. The molecule has 1 aliphatic rings. The van der Waals surface area contributed by atoms with Gasteiger partial charge in [-0.15, -0.1) is 0 Å². The molecule has 1 aliphatic heterocycles. The molecule has 0 spiro atoms. The van der Waals surface area contributed by atoms with Crippen molar-refractivity contribution in [2.24, 2.45) is 0 Å². The highest BCUT2D eigenvalue weighted by Crippen LogP contribution is 2.22. The number of nitrogens with zero attached hydrogens (tertiary/aromatic N) is 2. The molecule has 0 bridgehead atoms. The van der Waals surface area contributed by atoms with Gasteiger partial charge in [-0.1, -0.05) is 18.2 Å². The molecule has 2 atom stereocenters. The monoisotopic (exact) mass is 270 g/mol. The van der Waals surface area contributed by atoms with Crippen molar-refractivity contribution in [2.45, 2.75) is 17.0 Å². The van der Waals surface area contributed by atoms with Gasteiger partial charge in [0, 0.05) is 13.1 Å². The SMILES string of the molecule is CN(C)C1CN(S(=O)(=O)c2ccccc2)CC1O. The first-order valence-electron chi connectivity index (χ1n) is 5.82. The fourth-order valence-corrected chi connectivity index (χ4v) is 3.68. The molecule has 1 N–H and O–H groups in total. The van der Waals surface area contributed by atoms with Crippen LogP contribution in [0.1, 0.15) is 0 Å². The van der Waals surface area contributed by atoms with Crippen LogP contribution in [0.2, 0.25) is 0 Å². The van der Waals surface area contributed by atoms with Crippen molar-refractivity contribution in [3.63, 3.8) is 0 Å². The summed E-state index contributed by atoms with van der Waals surface area (Å²) in [6, 6.07) is 8.17. The first-order chi connectivity index (χ1) is 8.43. The van der Waals surface area contributed by atoms with Gasteiger partial charge in [-0.05, 0) is 26.2 Å². The minimum atomic E-state index is -3.49. The van der Waals surface area contributed by atoms with Crippen LogP contribution in [0.25, 0.3) is 0 Å². The number of hydrogen-bond acceptors (Lipinski definition) is 4. The molecular formula is C12H18N2O3S. The summed E-state index contributed by atoms with van der Waals surface area (Å²) >= 11 is 0. The van der Waals surface area contributed by atoms with Gasteiger partial charge in [-0.25, -0.2) is 8.42 Å². The fourth-order valence-electron chi connectivity index (χ4n) is 2.18. The van der Waals surface area contributed by atoms with E-state index in [1.807, 2.05) is 19.0 Å². The van der Waals surface area contributed by atoms with Gasteiger partial charge < -0.3 is 10.0 Å². The lowest BCUT2D eigenvalue weighted by atomic mass is 10.2. The van der Waals surface area contributed by atoms with Crippen LogP contribution in [0, 0.1) is 0 Å². The molecule has 5 nitrogen and oxygen atoms in total. The molecule has 18 heavy (non-hydrogen) atoms. The van der Waals surface area contributed by atoms with Crippen molar-refractivity contribution < 1.29 is 13.5 Å². The van der Waals surface area contributed by atoms with E-state index >= 15 is 0 Å². The van der Waals surface area contributed by atoms with Crippen LogP contribution in [-0.4, -0.2) is 62.1 Å². The van der Waals surface area contributed by atoms with E-state index in [9.17, 15) is 13.5 Å². The van der Waals surface area contributed by atoms with Crippen molar-refractivity contribution in [3.05, 3.63) is 30.3 Å². The third kappa shape index (κ3) is 2.42. The Morgan fingerprint density at radius 2 is 1.83 bits per heavy atom. The summed E-state index contributed by atoms with van der Waals surface area (Å²) in [6.07, 6.45) is -0.640. The van der Waals surface area contributed by atoms with Gasteiger partial charge in [-0.3, -0.25) is 0 Å². The predicted octanol–water partition coefficient (Wildman–Crippen LogP) is -0.0180. The lowest BCUT2D eigenvalue weighted by Crippen LogP contribution is -2.38. The van der Waals surface area contributed by atoms with E-state index in [0.29, 0.717) is 6.54 Å². The summed E-state index contributed by atoms with van der Waals surface area (Å²) in [5, 5.41) is 9.89. The molecule has 0 amide bonds. The van der Waals surface area contributed by atoms with Crippen LogP contribution in [0.5, 0.6) is 0 Å². The van der Waals surface area contributed by atoms with E-state index in [-0.39, 0.29) is 17.5 Å². The number of aliphatic hydroxyl groups is 1. The van der Waals surface area contributed by atoms with Crippen LogP contribution in [-0.2, 0) is 10.0 Å². The fraction of sp³-hybridized carbons (Fsp3) is 0.500. The molecule has 0 aliphatic carbocycles. The van der Waals surface area contributed by atoms with E-state index in [0.717, 1.165) is 0 Å². The van der Waals surface area contributed by atoms with Gasteiger partial charge in [0.05, 0.1) is 17.0 Å². The quantitative estimate of drug-likeness (QED) is 0.839. The van der Waals surface area contributed by atoms with Crippen molar-refractivity contribution in [2.75, 3.05) is 27.2 Å². The zero-order valence-electron chi connectivity index (χ0n) is 10.5. The molecule has 0 aromatic heterocycles. The predicted molar refractivity (Wildman–Crippen MR) is 68.7 cm³/mol. The van der Waals surface area contributed by atoms with E-state index in [1.54, 1.807) is 30.3 Å². The Bertz CT molecular complexity index is 501. The first kappa shape index (κ1) is 13.5. The molecule has 1 heterocycles. The number of β-amino-alcohol motifs (C(OH)–C–C–N with tert-alkyl or cyclic N) is 1. The number of aliphatic hydroxyl groups excluding tert-OH is 1. The topological polar surface area (TPSA) is 60.9 Å². The summed E-state index contributed by atoms with van der Waals surface area (Å²) < 4.78 is 26.0. The van der Waals surface area contributed by atoms with Gasteiger partial charge >= 0.3 is 0 Å². The Morgan fingerprint density at radius 3 is 2.33 bits per heavy atom. The molecular weight excluding hydrogens is 252 g/mol. The number of rotatable bonds is 3. The van der Waals surface area contributed by atoms with E-state index in [1.165, 1.54) is 4.31 Å². The van der Waals surface area contributed by atoms with Crippen molar-refractivity contribution in [1.82, 2.24) is 9.21 Å². The van der Waals surface area contributed by atoms with Gasteiger partial charge in [0.25, 0.3) is 0 Å². The maximum atomic E-state index is 12.3. The lowest BCUT2D eigenvalue weighted by molar-refractivity contribution is 0.113. The Hall–Kier alpha value is -0.950. The summed E-state index contributed by atoms with van der Waals surface area (Å²) in [5.41, 5.74) is 0. The van der Waals surface area contributed by atoms with Gasteiger partial charge in [0.1, 0.15) is 0 Å². The highest BCUT2D eigenvalue weighted by Gasteiger charge is 2.39. The minimum absolute atomic E-state index is 0.150. The second kappa shape index (κ2) is 4.97. The lowest BCUT2D eigenvalue weighted by Gasteiger charge is -2.21. The highest BCUT2D eigenvalue weighted by atomic mass is 32.2. The minimum Gasteiger partial charge on any atom is -0.390 e. The van der Waals surface area contributed by atoms with Gasteiger partial charge in [-0.2, -0.15) is 4.31 Å². The number of hydrogen-bond donors (Lipinski definition) is 1. The summed E-state index contributed by atoms with van der Waals surface area (Å²) in [4.78, 5) is 2.13. The zero-order chi connectivity index (χ0) is 13.3. The molecule has 6 heteroatoms. The summed E-state index contributed by atoms with van der Waals surface area (Å²) in [5.74, 6) is 0. The van der Waals surface area contributed by atoms with Crippen LogP contribution < -0.4 is 0 Å². The summed E-state index contributed by atoms with van der Waals surface area (Å²) in [7, 11) is 0.188. The first-order valence-corrected chi connectivity index (χ1v) is 7.26. The maximum absolute atomic E-state index is 12.3. The van der Waals surface area contributed by atoms with Crippen molar-refractivity contribution >= 4 is 10.0 Å². The van der Waals surface area contributed by atoms with Crippen LogP contribution in [0.15, 0.2) is 35.2 Å². The molecule has 1 aromatic carbocycles.